The van der Waals surface area contributed by atoms with Crippen LogP contribution in [0.3, 0.4) is 0 Å². The lowest BCUT2D eigenvalue weighted by Crippen LogP contribution is -2.58. The van der Waals surface area contributed by atoms with Crippen molar-refractivity contribution in [1.29, 1.82) is 0 Å². The van der Waals surface area contributed by atoms with Gasteiger partial charge in [0.2, 0.25) is 0 Å². The molecule has 29 heavy (non-hydrogen) atoms. The number of benzene rings is 1. The second-order valence-electron chi connectivity index (χ2n) is 8.52. The summed E-state index contributed by atoms with van der Waals surface area (Å²) in [6.07, 6.45) is 4.30. The van der Waals surface area contributed by atoms with Crippen LogP contribution in [0.15, 0.2) is 53.1 Å². The molecule has 2 bridgehead atoms. The van der Waals surface area contributed by atoms with Gasteiger partial charge in [0.1, 0.15) is 5.76 Å². The number of piperidine rings is 3. The monoisotopic (exact) mass is 412 g/mol. The smallest absolute Gasteiger partial charge is 0.166 e. The van der Waals surface area contributed by atoms with E-state index >= 15 is 0 Å². The molecule has 2 N–H and O–H groups in total. The minimum absolute atomic E-state index is 0.591. The summed E-state index contributed by atoms with van der Waals surface area (Å²) >= 11 is 5.44. The Morgan fingerprint density at radius 2 is 2.07 bits per heavy atom. The summed E-state index contributed by atoms with van der Waals surface area (Å²) in [6, 6.07) is 15.2. The molecule has 2 aromatic rings. The van der Waals surface area contributed by atoms with Crippen LogP contribution in [0.4, 0.5) is 0 Å². The van der Waals surface area contributed by atoms with E-state index in [4.69, 9.17) is 16.6 Å². The molecule has 4 atom stereocenters. The molecule has 156 valence electrons. The molecule has 4 heterocycles. The van der Waals surface area contributed by atoms with Gasteiger partial charge >= 0.3 is 0 Å². The van der Waals surface area contributed by atoms with Gasteiger partial charge in [0.15, 0.2) is 5.11 Å². The molecule has 5 nitrogen and oxygen atoms in total. The van der Waals surface area contributed by atoms with Crippen LogP contribution in [0.25, 0.3) is 0 Å². The number of thiocarbonyl (C=S) groups is 1. The number of furan rings is 1. The maximum absolute atomic E-state index is 5.44. The first kappa shape index (κ1) is 20.4. The van der Waals surface area contributed by atoms with E-state index < -0.39 is 0 Å². The van der Waals surface area contributed by atoms with Crippen molar-refractivity contribution in [2.24, 2.45) is 11.8 Å². The average molecular weight is 413 g/mol. The second kappa shape index (κ2) is 9.74. The van der Waals surface area contributed by atoms with Gasteiger partial charge in [-0.15, -0.1) is 0 Å². The van der Waals surface area contributed by atoms with E-state index in [0.29, 0.717) is 17.7 Å². The van der Waals surface area contributed by atoms with E-state index in [9.17, 15) is 0 Å². The number of fused-ring (bicyclic) bond motifs is 3. The van der Waals surface area contributed by atoms with Crippen LogP contribution >= 0.6 is 12.2 Å². The number of nitrogens with one attached hydrogen (secondary N) is 2. The molecule has 3 fully saturated rings. The first-order valence-electron chi connectivity index (χ1n) is 10.7. The normalized spacial score (nSPS) is 25.9. The predicted molar refractivity (Wildman–Crippen MR) is 120 cm³/mol. The molecule has 0 spiro atoms. The third-order valence-corrected chi connectivity index (χ3v) is 6.65. The largest absolute Gasteiger partial charge is 0.467 e. The highest BCUT2D eigenvalue weighted by Gasteiger charge is 2.40. The molecular formula is C23H32N4OS. The van der Waals surface area contributed by atoms with E-state index in [1.807, 2.05) is 12.1 Å². The van der Waals surface area contributed by atoms with Crippen molar-refractivity contribution in [1.82, 2.24) is 20.4 Å². The summed E-state index contributed by atoms with van der Waals surface area (Å²) in [5.74, 6) is 2.50. The highest BCUT2D eigenvalue weighted by Crippen LogP contribution is 2.36. The standard InChI is InChI=1S/C23H32N4OS/c1-26(15-18-6-3-2-4-7-18)16-20-17-27-10-9-19(20)12-21(27)13-24-23(29)25-14-22-8-5-11-28-22/h2-8,11,19-21H,9-10,12-17H2,1H3,(H2,24,25,29)/t19-,20-,21+/m0/s1. The summed E-state index contributed by atoms with van der Waals surface area (Å²) in [6.45, 7) is 6.20. The van der Waals surface area contributed by atoms with E-state index in [0.717, 1.165) is 30.7 Å². The van der Waals surface area contributed by atoms with Crippen molar-refractivity contribution in [2.45, 2.75) is 32.0 Å². The Kier molecular flexibility index (Phi) is 6.85. The van der Waals surface area contributed by atoms with Crippen LogP contribution in [0.5, 0.6) is 0 Å². The molecule has 5 rings (SSSR count). The fraction of sp³-hybridized carbons (Fsp3) is 0.522. The van der Waals surface area contributed by atoms with E-state index in [1.54, 1.807) is 6.26 Å². The van der Waals surface area contributed by atoms with Crippen LogP contribution in [0.2, 0.25) is 0 Å². The third-order valence-electron chi connectivity index (χ3n) is 6.36. The Morgan fingerprint density at radius 3 is 2.79 bits per heavy atom. The van der Waals surface area contributed by atoms with Crippen molar-refractivity contribution in [3.05, 3.63) is 60.1 Å². The average Bonchev–Trinajstić information content (AvgIpc) is 3.26. The minimum Gasteiger partial charge on any atom is -0.467 e. The Balaban J connectivity index is 1.20. The second-order valence-corrected chi connectivity index (χ2v) is 8.93. The zero-order valence-corrected chi connectivity index (χ0v) is 18.0. The molecule has 0 radical (unpaired) electrons. The van der Waals surface area contributed by atoms with Crippen LogP contribution in [0, 0.1) is 11.8 Å². The molecule has 1 aromatic heterocycles. The number of rotatable bonds is 8. The van der Waals surface area contributed by atoms with Crippen molar-refractivity contribution in [3.8, 4) is 0 Å². The van der Waals surface area contributed by atoms with Crippen molar-refractivity contribution >= 4 is 17.3 Å². The van der Waals surface area contributed by atoms with Crippen LogP contribution in [0.1, 0.15) is 24.2 Å². The number of nitrogens with zero attached hydrogens (tertiary/aromatic N) is 2. The molecule has 3 saturated heterocycles. The van der Waals surface area contributed by atoms with E-state index in [-0.39, 0.29) is 0 Å². The SMILES string of the molecule is CN(Cc1ccccc1)C[C@H]1CN2CC[C@H]1C[C@@H]2CNC(=S)NCc1ccco1. The van der Waals surface area contributed by atoms with Gasteiger partial charge in [-0.25, -0.2) is 0 Å². The summed E-state index contributed by atoms with van der Waals surface area (Å²) in [5, 5.41) is 7.35. The van der Waals surface area contributed by atoms with Crippen LogP contribution in [-0.4, -0.2) is 54.2 Å². The van der Waals surface area contributed by atoms with Crippen molar-refractivity contribution in [2.75, 3.05) is 33.2 Å². The van der Waals surface area contributed by atoms with E-state index in [1.165, 1.54) is 38.0 Å². The minimum atomic E-state index is 0.591. The molecule has 6 heteroatoms. The van der Waals surface area contributed by atoms with Gasteiger partial charge in [-0.1, -0.05) is 30.3 Å². The van der Waals surface area contributed by atoms with Gasteiger partial charge in [0.25, 0.3) is 0 Å². The first-order valence-corrected chi connectivity index (χ1v) is 11.1. The topological polar surface area (TPSA) is 43.7 Å². The van der Waals surface area contributed by atoms with Crippen molar-refractivity contribution in [3.63, 3.8) is 0 Å². The maximum atomic E-state index is 5.44. The fourth-order valence-electron chi connectivity index (χ4n) is 4.88. The molecular weight excluding hydrogens is 380 g/mol. The zero-order valence-electron chi connectivity index (χ0n) is 17.2. The van der Waals surface area contributed by atoms with Gasteiger partial charge in [-0.05, 0) is 68.2 Å². The molecule has 0 amide bonds. The Hall–Kier alpha value is -1.89. The number of hydrogen-bond donors (Lipinski definition) is 2. The van der Waals surface area contributed by atoms with Gasteiger partial charge in [-0.3, -0.25) is 4.90 Å². The Labute approximate surface area is 179 Å². The summed E-state index contributed by atoms with van der Waals surface area (Å²) in [7, 11) is 2.26. The van der Waals surface area contributed by atoms with Gasteiger partial charge < -0.3 is 20.0 Å². The molecule has 0 saturated carbocycles. The Morgan fingerprint density at radius 1 is 1.21 bits per heavy atom. The van der Waals surface area contributed by atoms with E-state index in [2.05, 4.69) is 57.8 Å². The van der Waals surface area contributed by atoms with Gasteiger partial charge in [0.05, 0.1) is 12.8 Å². The fourth-order valence-corrected chi connectivity index (χ4v) is 5.04. The van der Waals surface area contributed by atoms with Crippen LogP contribution in [-0.2, 0) is 13.1 Å². The molecule has 0 aliphatic carbocycles. The molecule has 3 aliphatic heterocycles. The Bertz CT molecular complexity index is 766. The maximum Gasteiger partial charge on any atom is 0.166 e. The van der Waals surface area contributed by atoms with Crippen LogP contribution < -0.4 is 10.6 Å². The quantitative estimate of drug-likeness (QED) is 0.650. The lowest BCUT2D eigenvalue weighted by Gasteiger charge is -2.50. The summed E-state index contributed by atoms with van der Waals surface area (Å²) in [5.41, 5.74) is 1.40. The lowest BCUT2D eigenvalue weighted by molar-refractivity contribution is -0.00851. The molecule has 1 aromatic carbocycles. The number of hydrogen-bond acceptors (Lipinski definition) is 4. The zero-order chi connectivity index (χ0) is 20.1. The lowest BCUT2D eigenvalue weighted by atomic mass is 9.75. The van der Waals surface area contributed by atoms with Crippen molar-refractivity contribution < 1.29 is 4.42 Å². The van der Waals surface area contributed by atoms with Gasteiger partial charge in [0, 0.05) is 32.2 Å². The molecule has 3 aliphatic rings. The third kappa shape index (κ3) is 5.59. The molecule has 1 unspecified atom stereocenters. The predicted octanol–water partition coefficient (Wildman–Crippen LogP) is 3.09. The highest BCUT2D eigenvalue weighted by atomic mass is 32.1. The summed E-state index contributed by atoms with van der Waals surface area (Å²) in [4.78, 5) is 5.16. The highest BCUT2D eigenvalue weighted by molar-refractivity contribution is 7.80. The summed E-state index contributed by atoms with van der Waals surface area (Å²) < 4.78 is 5.34. The first-order chi connectivity index (χ1) is 14.2. The van der Waals surface area contributed by atoms with Gasteiger partial charge in [-0.2, -0.15) is 0 Å².